The van der Waals surface area contributed by atoms with Gasteiger partial charge < -0.3 is 9.47 Å². The number of esters is 1. The van der Waals surface area contributed by atoms with E-state index in [4.69, 9.17) is 9.47 Å². The molecule has 0 aliphatic rings. The molecule has 0 saturated carbocycles. The second kappa shape index (κ2) is 7.57. The maximum atomic E-state index is 13.1. The number of hydrogen-bond acceptors (Lipinski definition) is 4. The first kappa shape index (κ1) is 16.6. The lowest BCUT2D eigenvalue weighted by Gasteiger charge is -2.10. The number of halogens is 1. The van der Waals surface area contributed by atoms with Gasteiger partial charge in [-0.2, -0.15) is 0 Å². The van der Waals surface area contributed by atoms with E-state index in [0.29, 0.717) is 29.3 Å². The molecule has 0 saturated heterocycles. The van der Waals surface area contributed by atoms with Crippen molar-refractivity contribution in [2.45, 2.75) is 6.61 Å². The van der Waals surface area contributed by atoms with Gasteiger partial charge in [-0.25, -0.2) is 14.2 Å². The molecule has 0 aliphatic carbocycles. The first-order valence-electron chi connectivity index (χ1n) is 7.69. The zero-order valence-electron chi connectivity index (χ0n) is 13.6. The van der Waals surface area contributed by atoms with Gasteiger partial charge in [0.05, 0.1) is 18.4 Å². The molecule has 0 spiro atoms. The predicted molar refractivity (Wildman–Crippen MR) is 91.7 cm³/mol. The van der Waals surface area contributed by atoms with Crippen LogP contribution in [0.3, 0.4) is 0 Å². The van der Waals surface area contributed by atoms with Crippen LogP contribution in [0.5, 0.6) is 5.88 Å². The first-order valence-corrected chi connectivity index (χ1v) is 7.69. The van der Waals surface area contributed by atoms with E-state index in [1.165, 1.54) is 25.3 Å². The summed E-state index contributed by atoms with van der Waals surface area (Å²) in [6, 6.07) is 18.6. The molecule has 4 nitrogen and oxygen atoms in total. The number of aromatic nitrogens is 1. The second-order valence-corrected chi connectivity index (χ2v) is 5.35. The summed E-state index contributed by atoms with van der Waals surface area (Å²) in [5.74, 6) is -0.533. The van der Waals surface area contributed by atoms with Gasteiger partial charge in [0.2, 0.25) is 5.88 Å². The Labute approximate surface area is 144 Å². The minimum absolute atomic E-state index is 0.297. The van der Waals surface area contributed by atoms with Gasteiger partial charge in [0.15, 0.2) is 0 Å². The Balaban J connectivity index is 1.92. The molecule has 1 heterocycles. The molecule has 0 atom stereocenters. The van der Waals surface area contributed by atoms with Crippen molar-refractivity contribution in [3.8, 4) is 17.1 Å². The third-order valence-corrected chi connectivity index (χ3v) is 3.59. The largest absolute Gasteiger partial charge is 0.473 e. The SMILES string of the molecule is COC(=O)c1cc(OCc2ccccc2)nc(-c2ccc(F)cc2)c1. The summed E-state index contributed by atoms with van der Waals surface area (Å²) in [5, 5.41) is 0. The van der Waals surface area contributed by atoms with Crippen LogP contribution in [0, 0.1) is 5.82 Å². The van der Waals surface area contributed by atoms with Crippen LogP contribution >= 0.6 is 0 Å². The summed E-state index contributed by atoms with van der Waals surface area (Å²) in [4.78, 5) is 16.3. The number of nitrogens with zero attached hydrogens (tertiary/aromatic N) is 1. The molecule has 0 radical (unpaired) electrons. The Hall–Kier alpha value is -3.21. The molecule has 0 unspecified atom stereocenters. The van der Waals surface area contributed by atoms with Crippen LogP contribution in [0.2, 0.25) is 0 Å². The average Bonchev–Trinajstić information content (AvgIpc) is 2.67. The van der Waals surface area contributed by atoms with Gasteiger partial charge >= 0.3 is 5.97 Å². The van der Waals surface area contributed by atoms with Crippen LogP contribution in [0.4, 0.5) is 4.39 Å². The minimum Gasteiger partial charge on any atom is -0.473 e. The van der Waals surface area contributed by atoms with E-state index in [-0.39, 0.29) is 5.82 Å². The molecular weight excluding hydrogens is 321 g/mol. The molecular formula is C20H16FNO3. The molecule has 0 bridgehead atoms. The van der Waals surface area contributed by atoms with E-state index < -0.39 is 5.97 Å². The highest BCUT2D eigenvalue weighted by Gasteiger charge is 2.12. The van der Waals surface area contributed by atoms with E-state index >= 15 is 0 Å². The third kappa shape index (κ3) is 4.20. The maximum Gasteiger partial charge on any atom is 0.338 e. The summed E-state index contributed by atoms with van der Waals surface area (Å²) in [5.41, 5.74) is 2.48. The number of carbonyl (C=O) groups excluding carboxylic acids is 1. The highest BCUT2D eigenvalue weighted by molar-refractivity contribution is 5.91. The van der Waals surface area contributed by atoms with Crippen LogP contribution < -0.4 is 4.74 Å². The minimum atomic E-state index is -0.490. The normalized spacial score (nSPS) is 10.3. The lowest BCUT2D eigenvalue weighted by atomic mass is 10.1. The topological polar surface area (TPSA) is 48.4 Å². The van der Waals surface area contributed by atoms with Gasteiger partial charge in [0.1, 0.15) is 12.4 Å². The molecule has 3 aromatic rings. The van der Waals surface area contributed by atoms with Crippen LogP contribution in [0.1, 0.15) is 15.9 Å². The van der Waals surface area contributed by atoms with Gasteiger partial charge in [-0.15, -0.1) is 0 Å². The monoisotopic (exact) mass is 337 g/mol. The maximum absolute atomic E-state index is 13.1. The Kier molecular flexibility index (Phi) is 5.04. The Bertz CT molecular complexity index is 864. The summed E-state index contributed by atoms with van der Waals surface area (Å²) < 4.78 is 23.6. The van der Waals surface area contributed by atoms with Crippen LogP contribution in [0.15, 0.2) is 66.7 Å². The summed E-state index contributed by atoms with van der Waals surface area (Å²) in [6.45, 7) is 0.321. The van der Waals surface area contributed by atoms with Gasteiger partial charge in [-0.3, -0.25) is 0 Å². The van der Waals surface area contributed by atoms with Crippen molar-refractivity contribution in [1.29, 1.82) is 0 Å². The molecule has 25 heavy (non-hydrogen) atoms. The standard InChI is InChI=1S/C20H16FNO3/c1-24-20(23)16-11-18(15-7-9-17(21)10-8-15)22-19(12-16)25-13-14-5-3-2-4-6-14/h2-12H,13H2,1H3. The fourth-order valence-electron chi connectivity index (χ4n) is 2.31. The molecule has 5 heteroatoms. The number of benzene rings is 2. The number of rotatable bonds is 5. The molecule has 0 N–H and O–H groups in total. The summed E-state index contributed by atoms with van der Waals surface area (Å²) in [6.07, 6.45) is 0. The van der Waals surface area contributed by atoms with E-state index in [9.17, 15) is 9.18 Å². The lowest BCUT2D eigenvalue weighted by molar-refractivity contribution is 0.0600. The summed E-state index contributed by atoms with van der Waals surface area (Å²) in [7, 11) is 1.31. The van der Waals surface area contributed by atoms with Crippen LogP contribution in [-0.4, -0.2) is 18.1 Å². The van der Waals surface area contributed by atoms with E-state index in [1.54, 1.807) is 18.2 Å². The van der Waals surface area contributed by atoms with Crippen molar-refractivity contribution in [3.05, 3.63) is 83.7 Å². The van der Waals surface area contributed by atoms with Gasteiger partial charge in [-0.1, -0.05) is 30.3 Å². The Morgan fingerprint density at radius 2 is 1.76 bits per heavy atom. The number of pyridine rings is 1. The molecule has 0 amide bonds. The number of ether oxygens (including phenoxy) is 2. The van der Waals surface area contributed by atoms with Crippen molar-refractivity contribution in [2.75, 3.05) is 7.11 Å². The van der Waals surface area contributed by atoms with Crippen LogP contribution in [-0.2, 0) is 11.3 Å². The highest BCUT2D eigenvalue weighted by Crippen LogP contribution is 2.23. The second-order valence-electron chi connectivity index (χ2n) is 5.35. The van der Waals surface area contributed by atoms with Crippen molar-refractivity contribution < 1.29 is 18.7 Å². The van der Waals surface area contributed by atoms with Crippen molar-refractivity contribution in [3.63, 3.8) is 0 Å². The first-order chi connectivity index (χ1) is 12.2. The van der Waals surface area contributed by atoms with Gasteiger partial charge in [0.25, 0.3) is 0 Å². The highest BCUT2D eigenvalue weighted by atomic mass is 19.1. The number of methoxy groups -OCH3 is 1. The van der Waals surface area contributed by atoms with E-state index in [2.05, 4.69) is 4.98 Å². The molecule has 3 rings (SSSR count). The van der Waals surface area contributed by atoms with Crippen LogP contribution in [0.25, 0.3) is 11.3 Å². The number of hydrogen-bond donors (Lipinski definition) is 0. The smallest absolute Gasteiger partial charge is 0.338 e. The molecule has 126 valence electrons. The molecule has 1 aromatic heterocycles. The van der Waals surface area contributed by atoms with Gasteiger partial charge in [0, 0.05) is 11.6 Å². The van der Waals surface area contributed by atoms with Gasteiger partial charge in [-0.05, 0) is 35.9 Å². The number of carbonyl (C=O) groups is 1. The van der Waals surface area contributed by atoms with Crippen molar-refractivity contribution >= 4 is 5.97 Å². The van der Waals surface area contributed by atoms with E-state index in [1.807, 2.05) is 30.3 Å². The van der Waals surface area contributed by atoms with Crippen molar-refractivity contribution in [2.24, 2.45) is 0 Å². The predicted octanol–water partition coefficient (Wildman–Crippen LogP) is 4.25. The quantitative estimate of drug-likeness (QED) is 0.653. The Morgan fingerprint density at radius 3 is 2.44 bits per heavy atom. The lowest BCUT2D eigenvalue weighted by Crippen LogP contribution is -2.05. The average molecular weight is 337 g/mol. The Morgan fingerprint density at radius 1 is 1.04 bits per heavy atom. The molecule has 2 aromatic carbocycles. The molecule has 0 fully saturated rings. The fourth-order valence-corrected chi connectivity index (χ4v) is 2.31. The third-order valence-electron chi connectivity index (χ3n) is 3.59. The van der Waals surface area contributed by atoms with E-state index in [0.717, 1.165) is 5.56 Å². The molecule has 0 aliphatic heterocycles. The summed E-state index contributed by atoms with van der Waals surface area (Å²) >= 11 is 0. The zero-order chi connectivity index (χ0) is 17.6. The van der Waals surface area contributed by atoms with Crippen molar-refractivity contribution in [1.82, 2.24) is 4.98 Å². The fraction of sp³-hybridized carbons (Fsp3) is 0.100. The zero-order valence-corrected chi connectivity index (χ0v) is 13.6.